The van der Waals surface area contributed by atoms with Crippen LogP contribution in [-0.2, 0) is 23.8 Å². The van der Waals surface area contributed by atoms with E-state index in [2.05, 4.69) is 106 Å². The lowest BCUT2D eigenvalue weighted by Crippen LogP contribution is -2.30. The zero-order valence-corrected chi connectivity index (χ0v) is 36.4. The summed E-state index contributed by atoms with van der Waals surface area (Å²) in [5, 5.41) is 0. The Labute approximate surface area is 345 Å². The number of unbranched alkanes of at least 4 members (excludes halogenated alkanes) is 14. The van der Waals surface area contributed by atoms with Gasteiger partial charge in [0.2, 0.25) is 0 Å². The van der Waals surface area contributed by atoms with Crippen LogP contribution < -0.4 is 0 Å². The molecule has 0 aliphatic heterocycles. The van der Waals surface area contributed by atoms with Crippen molar-refractivity contribution in [3.63, 3.8) is 0 Å². The SMILES string of the molecule is CC/C=C\C/C=C\C/C=C\C/C=C\C/C=C\CC(=O)OCC(COCCCCCCCCCCCC)OC(=O)CCCCCCC/C=C\C/C=C\C/C=C\CC. The lowest BCUT2D eigenvalue weighted by molar-refractivity contribution is -0.162. The van der Waals surface area contributed by atoms with E-state index in [0.717, 1.165) is 89.9 Å². The first kappa shape index (κ1) is 52.8. The quantitative estimate of drug-likeness (QED) is 0.0352. The molecule has 0 aliphatic carbocycles. The lowest BCUT2D eigenvalue weighted by Gasteiger charge is -2.18. The zero-order valence-electron chi connectivity index (χ0n) is 36.4. The lowest BCUT2D eigenvalue weighted by atomic mass is 10.1. The third-order valence-corrected chi connectivity index (χ3v) is 9.15. The van der Waals surface area contributed by atoms with Crippen LogP contribution in [0.5, 0.6) is 0 Å². The molecule has 0 rings (SSSR count). The van der Waals surface area contributed by atoms with Gasteiger partial charge in [-0.3, -0.25) is 9.59 Å². The van der Waals surface area contributed by atoms with Crippen LogP contribution in [0.4, 0.5) is 0 Å². The molecule has 56 heavy (non-hydrogen) atoms. The average molecular weight is 777 g/mol. The van der Waals surface area contributed by atoms with Crippen LogP contribution in [0.2, 0.25) is 0 Å². The summed E-state index contributed by atoms with van der Waals surface area (Å²) in [5.74, 6) is -0.569. The molecule has 0 bridgehead atoms. The first-order valence-electron chi connectivity index (χ1n) is 22.8. The third-order valence-electron chi connectivity index (χ3n) is 9.15. The number of esters is 2. The van der Waals surface area contributed by atoms with Gasteiger partial charge in [0.25, 0.3) is 0 Å². The first-order chi connectivity index (χ1) is 27.6. The number of allylic oxidation sites excluding steroid dienone is 15. The van der Waals surface area contributed by atoms with Crippen LogP contribution >= 0.6 is 0 Å². The second-order valence-corrected chi connectivity index (χ2v) is 14.6. The second-order valence-electron chi connectivity index (χ2n) is 14.6. The average Bonchev–Trinajstić information content (AvgIpc) is 3.20. The van der Waals surface area contributed by atoms with E-state index in [1.54, 1.807) is 0 Å². The molecular formula is C51H84O5. The molecular weight excluding hydrogens is 693 g/mol. The molecule has 0 radical (unpaired) electrons. The summed E-state index contributed by atoms with van der Waals surface area (Å²) in [6, 6.07) is 0. The van der Waals surface area contributed by atoms with Gasteiger partial charge < -0.3 is 14.2 Å². The Balaban J connectivity index is 4.42. The number of ether oxygens (including phenoxy) is 3. The van der Waals surface area contributed by atoms with Gasteiger partial charge in [-0.1, -0.05) is 195 Å². The summed E-state index contributed by atoms with van der Waals surface area (Å²) in [6.45, 7) is 7.45. The molecule has 0 aromatic carbocycles. The van der Waals surface area contributed by atoms with Crippen LogP contribution in [0.15, 0.2) is 97.2 Å². The number of carbonyl (C=O) groups excluding carboxylic acids is 2. The van der Waals surface area contributed by atoms with Crippen molar-refractivity contribution < 1.29 is 23.8 Å². The Bertz CT molecular complexity index is 1110. The van der Waals surface area contributed by atoms with Crippen molar-refractivity contribution in [1.82, 2.24) is 0 Å². The molecule has 0 N–H and O–H groups in total. The van der Waals surface area contributed by atoms with Crippen molar-refractivity contribution in [1.29, 1.82) is 0 Å². The van der Waals surface area contributed by atoms with E-state index in [9.17, 15) is 9.59 Å². The Morgan fingerprint density at radius 1 is 0.429 bits per heavy atom. The molecule has 0 amide bonds. The fourth-order valence-electron chi connectivity index (χ4n) is 5.83. The summed E-state index contributed by atoms with van der Waals surface area (Å²) < 4.78 is 17.2. The maximum absolute atomic E-state index is 12.7. The van der Waals surface area contributed by atoms with Crippen molar-refractivity contribution in [3.05, 3.63) is 97.2 Å². The predicted molar refractivity (Wildman–Crippen MR) is 242 cm³/mol. The largest absolute Gasteiger partial charge is 0.461 e. The van der Waals surface area contributed by atoms with Gasteiger partial charge in [-0.25, -0.2) is 0 Å². The predicted octanol–water partition coefficient (Wildman–Crippen LogP) is 15.1. The van der Waals surface area contributed by atoms with Gasteiger partial charge in [-0.2, -0.15) is 0 Å². The Hall–Kier alpha value is -3.18. The molecule has 1 unspecified atom stereocenters. The van der Waals surface area contributed by atoms with Crippen molar-refractivity contribution in [2.45, 2.75) is 194 Å². The first-order valence-corrected chi connectivity index (χ1v) is 22.8. The minimum atomic E-state index is -0.586. The highest BCUT2D eigenvalue weighted by molar-refractivity contribution is 5.71. The van der Waals surface area contributed by atoms with Gasteiger partial charge in [-0.05, 0) is 77.0 Å². The van der Waals surface area contributed by atoms with E-state index in [1.807, 2.05) is 12.2 Å². The minimum absolute atomic E-state index is 0.0204. The van der Waals surface area contributed by atoms with Crippen molar-refractivity contribution in [2.24, 2.45) is 0 Å². The van der Waals surface area contributed by atoms with Crippen LogP contribution in [0.3, 0.4) is 0 Å². The van der Waals surface area contributed by atoms with E-state index in [0.29, 0.717) is 13.0 Å². The topological polar surface area (TPSA) is 61.8 Å². The number of hydrogen-bond acceptors (Lipinski definition) is 5. The second kappa shape index (κ2) is 46.2. The molecule has 0 heterocycles. The highest BCUT2D eigenvalue weighted by Crippen LogP contribution is 2.12. The number of hydrogen-bond donors (Lipinski definition) is 0. The van der Waals surface area contributed by atoms with E-state index >= 15 is 0 Å². The van der Waals surface area contributed by atoms with Crippen LogP contribution in [-0.4, -0.2) is 37.9 Å². The standard InChI is InChI=1S/C51H84O5/c1-4-7-10-13-16-19-22-24-26-28-30-32-35-38-41-44-50(52)55-48-49(47-54-46-43-40-37-34-21-18-15-12-9-6-3)56-51(53)45-42-39-36-33-31-29-27-25-23-20-17-14-11-8-5-2/h7-8,10-11,16-17,19-20,24-27,30,32,38,41,49H,4-6,9,12-15,18,21-23,28-29,31,33-37,39-40,42-48H2,1-3H3/b10-7-,11-8-,19-16-,20-17-,26-24-,27-25-,32-30-,41-38-. The van der Waals surface area contributed by atoms with E-state index < -0.39 is 6.10 Å². The summed E-state index contributed by atoms with van der Waals surface area (Å²) in [6.07, 6.45) is 61.4. The summed E-state index contributed by atoms with van der Waals surface area (Å²) in [4.78, 5) is 25.2. The summed E-state index contributed by atoms with van der Waals surface area (Å²) in [7, 11) is 0. The number of rotatable bonds is 40. The minimum Gasteiger partial charge on any atom is -0.461 e. The molecule has 1 atom stereocenters. The molecule has 0 aliphatic rings. The fourth-order valence-corrected chi connectivity index (χ4v) is 5.83. The third kappa shape index (κ3) is 43.5. The van der Waals surface area contributed by atoms with Gasteiger partial charge in [0.1, 0.15) is 6.61 Å². The van der Waals surface area contributed by atoms with Crippen molar-refractivity contribution in [2.75, 3.05) is 19.8 Å². The van der Waals surface area contributed by atoms with Gasteiger partial charge in [0, 0.05) is 13.0 Å². The maximum Gasteiger partial charge on any atom is 0.309 e. The Morgan fingerprint density at radius 2 is 0.857 bits per heavy atom. The highest BCUT2D eigenvalue weighted by Gasteiger charge is 2.17. The fraction of sp³-hybridized carbons (Fsp3) is 0.647. The molecule has 5 heteroatoms. The Kier molecular flexibility index (Phi) is 43.6. The highest BCUT2D eigenvalue weighted by atomic mass is 16.6. The zero-order chi connectivity index (χ0) is 40.7. The van der Waals surface area contributed by atoms with Gasteiger partial charge in [0.05, 0.1) is 13.0 Å². The molecule has 0 fully saturated rings. The summed E-state index contributed by atoms with van der Waals surface area (Å²) >= 11 is 0. The van der Waals surface area contributed by atoms with Crippen molar-refractivity contribution in [3.8, 4) is 0 Å². The van der Waals surface area contributed by atoms with Crippen LogP contribution in [0, 0.1) is 0 Å². The molecule has 0 spiro atoms. The van der Waals surface area contributed by atoms with E-state index in [1.165, 1.54) is 64.2 Å². The molecule has 0 saturated heterocycles. The molecule has 5 nitrogen and oxygen atoms in total. The van der Waals surface area contributed by atoms with Crippen LogP contribution in [0.1, 0.15) is 188 Å². The maximum atomic E-state index is 12.7. The molecule has 0 aromatic rings. The number of carbonyl (C=O) groups is 2. The van der Waals surface area contributed by atoms with Gasteiger partial charge in [0.15, 0.2) is 6.10 Å². The van der Waals surface area contributed by atoms with Crippen LogP contribution in [0.25, 0.3) is 0 Å². The molecule has 0 saturated carbocycles. The van der Waals surface area contributed by atoms with Gasteiger partial charge in [-0.15, -0.1) is 0 Å². The van der Waals surface area contributed by atoms with Gasteiger partial charge >= 0.3 is 11.9 Å². The Morgan fingerprint density at radius 3 is 1.38 bits per heavy atom. The molecule has 0 aromatic heterocycles. The summed E-state index contributed by atoms with van der Waals surface area (Å²) in [5.41, 5.74) is 0. The monoisotopic (exact) mass is 777 g/mol. The van der Waals surface area contributed by atoms with Crippen molar-refractivity contribution >= 4 is 11.9 Å². The normalized spacial score (nSPS) is 13.1. The smallest absolute Gasteiger partial charge is 0.309 e. The van der Waals surface area contributed by atoms with E-state index in [-0.39, 0.29) is 31.6 Å². The van der Waals surface area contributed by atoms with E-state index in [4.69, 9.17) is 14.2 Å². The molecule has 318 valence electrons.